The molecule has 1 aliphatic rings. The van der Waals surface area contributed by atoms with Gasteiger partial charge in [0, 0.05) is 6.42 Å². The fourth-order valence-corrected chi connectivity index (χ4v) is 3.77. The van der Waals surface area contributed by atoms with E-state index < -0.39 is 0 Å². The monoisotopic (exact) mass is 364 g/mol. The van der Waals surface area contributed by atoms with Gasteiger partial charge in [-0.25, -0.2) is 0 Å². The highest BCUT2D eigenvalue weighted by Gasteiger charge is 2.17. The van der Waals surface area contributed by atoms with Gasteiger partial charge < -0.3 is 4.74 Å². The third-order valence-electron chi connectivity index (χ3n) is 5.49. The first-order valence-corrected chi connectivity index (χ1v) is 11.7. The number of allylic oxidation sites excluding steroid dienone is 2. The Kier molecular flexibility index (Phi) is 15.8. The summed E-state index contributed by atoms with van der Waals surface area (Å²) in [6.45, 7) is 2.27. The van der Waals surface area contributed by atoms with E-state index in [1.165, 1.54) is 96.3 Å². The van der Waals surface area contributed by atoms with Crippen molar-refractivity contribution in [2.75, 3.05) is 0 Å². The zero-order chi connectivity index (χ0) is 18.7. The third-order valence-corrected chi connectivity index (χ3v) is 5.49. The number of hydrogen-bond donors (Lipinski definition) is 0. The van der Waals surface area contributed by atoms with Crippen LogP contribution in [0.4, 0.5) is 0 Å². The lowest BCUT2D eigenvalue weighted by molar-refractivity contribution is -0.150. The van der Waals surface area contributed by atoms with Gasteiger partial charge in [0.2, 0.25) is 0 Å². The van der Waals surface area contributed by atoms with Crippen LogP contribution in [0.3, 0.4) is 0 Å². The molecule has 2 nitrogen and oxygen atoms in total. The maximum Gasteiger partial charge on any atom is 0.306 e. The van der Waals surface area contributed by atoms with Crippen molar-refractivity contribution in [1.29, 1.82) is 0 Å². The van der Waals surface area contributed by atoms with Crippen LogP contribution in [0.2, 0.25) is 0 Å². The largest absolute Gasteiger partial charge is 0.462 e. The number of carbonyl (C=O) groups is 1. The second-order valence-corrected chi connectivity index (χ2v) is 8.08. The Hall–Kier alpha value is -0.790. The Balaban J connectivity index is 1.78. The summed E-state index contributed by atoms with van der Waals surface area (Å²) in [5.74, 6) is 0.0366. The Labute approximate surface area is 163 Å². The van der Waals surface area contributed by atoms with E-state index in [9.17, 15) is 4.79 Å². The number of unbranched alkanes of at least 4 members (excludes halogenated alkanes) is 11. The molecule has 1 aliphatic carbocycles. The van der Waals surface area contributed by atoms with Crippen LogP contribution in [-0.4, -0.2) is 12.1 Å². The van der Waals surface area contributed by atoms with E-state index in [1.807, 2.05) is 0 Å². The van der Waals surface area contributed by atoms with E-state index in [0.717, 1.165) is 19.3 Å². The first-order valence-electron chi connectivity index (χ1n) is 11.7. The molecular formula is C24H44O2. The quantitative estimate of drug-likeness (QED) is 0.158. The van der Waals surface area contributed by atoms with Crippen molar-refractivity contribution >= 4 is 5.97 Å². The predicted molar refractivity (Wildman–Crippen MR) is 112 cm³/mol. The van der Waals surface area contributed by atoms with Crippen molar-refractivity contribution in [1.82, 2.24) is 0 Å². The molecule has 0 aromatic carbocycles. The van der Waals surface area contributed by atoms with Crippen molar-refractivity contribution in [3.63, 3.8) is 0 Å². The van der Waals surface area contributed by atoms with Gasteiger partial charge in [0.25, 0.3) is 0 Å². The zero-order valence-electron chi connectivity index (χ0n) is 17.5. The highest BCUT2D eigenvalue weighted by Crippen LogP contribution is 2.21. The number of carbonyl (C=O) groups excluding carboxylic acids is 1. The second-order valence-electron chi connectivity index (χ2n) is 8.08. The Bertz CT molecular complexity index is 342. The molecule has 0 aliphatic heterocycles. The van der Waals surface area contributed by atoms with Crippen molar-refractivity contribution in [3.8, 4) is 0 Å². The maximum absolute atomic E-state index is 11.8. The molecule has 1 fully saturated rings. The Morgan fingerprint density at radius 2 is 1.31 bits per heavy atom. The fourth-order valence-electron chi connectivity index (χ4n) is 3.77. The van der Waals surface area contributed by atoms with Gasteiger partial charge in [0.15, 0.2) is 0 Å². The van der Waals surface area contributed by atoms with Gasteiger partial charge in [0.05, 0.1) is 0 Å². The molecule has 0 heterocycles. The minimum atomic E-state index is 0.0366. The zero-order valence-corrected chi connectivity index (χ0v) is 17.5. The van der Waals surface area contributed by atoms with Gasteiger partial charge >= 0.3 is 5.97 Å². The van der Waals surface area contributed by atoms with Crippen molar-refractivity contribution in [2.45, 2.75) is 135 Å². The number of rotatable bonds is 16. The molecule has 2 heteroatoms. The predicted octanol–water partition coefficient (Wildman–Crippen LogP) is 7.90. The summed E-state index contributed by atoms with van der Waals surface area (Å²) >= 11 is 0. The third kappa shape index (κ3) is 14.4. The fraction of sp³-hybridized carbons (Fsp3) is 0.875. The lowest BCUT2D eigenvalue weighted by Crippen LogP contribution is -2.20. The normalized spacial score (nSPS) is 15.6. The molecule has 1 rings (SSSR count). The van der Waals surface area contributed by atoms with Gasteiger partial charge in [-0.05, 0) is 57.8 Å². The van der Waals surface area contributed by atoms with Crippen molar-refractivity contribution < 1.29 is 9.53 Å². The molecule has 0 atom stereocenters. The lowest BCUT2D eigenvalue weighted by atomic mass is 9.98. The average Bonchev–Trinajstić information content (AvgIpc) is 2.65. The first kappa shape index (κ1) is 23.2. The summed E-state index contributed by atoms with van der Waals surface area (Å²) in [6, 6.07) is 0. The minimum absolute atomic E-state index is 0.0366. The second kappa shape index (κ2) is 17.6. The summed E-state index contributed by atoms with van der Waals surface area (Å²) < 4.78 is 5.56. The maximum atomic E-state index is 11.8. The van der Waals surface area contributed by atoms with Gasteiger partial charge in [-0.15, -0.1) is 0 Å². The lowest BCUT2D eigenvalue weighted by Gasteiger charge is -2.21. The molecule has 0 unspecified atom stereocenters. The number of hydrogen-bond acceptors (Lipinski definition) is 2. The van der Waals surface area contributed by atoms with E-state index in [0.29, 0.717) is 6.42 Å². The number of ether oxygens (including phenoxy) is 1. The molecule has 0 aromatic heterocycles. The molecule has 0 N–H and O–H groups in total. The Morgan fingerprint density at radius 3 is 1.92 bits per heavy atom. The van der Waals surface area contributed by atoms with E-state index in [1.54, 1.807) is 0 Å². The van der Waals surface area contributed by atoms with Gasteiger partial charge in [0.1, 0.15) is 6.10 Å². The van der Waals surface area contributed by atoms with Crippen molar-refractivity contribution in [2.24, 2.45) is 0 Å². The topological polar surface area (TPSA) is 26.3 Å². The SMILES string of the molecule is CCCCCCCCC=CCCCCCCCC(=O)OC1CCCCC1. The minimum Gasteiger partial charge on any atom is -0.462 e. The van der Waals surface area contributed by atoms with Crippen LogP contribution in [0.5, 0.6) is 0 Å². The van der Waals surface area contributed by atoms with Crippen LogP contribution < -0.4 is 0 Å². The average molecular weight is 365 g/mol. The van der Waals surface area contributed by atoms with Gasteiger partial charge in [-0.2, -0.15) is 0 Å². The van der Waals surface area contributed by atoms with E-state index in [-0.39, 0.29) is 12.1 Å². The van der Waals surface area contributed by atoms with Crippen LogP contribution in [-0.2, 0) is 9.53 Å². The Morgan fingerprint density at radius 1 is 0.769 bits per heavy atom. The molecule has 26 heavy (non-hydrogen) atoms. The molecule has 1 saturated carbocycles. The molecule has 0 bridgehead atoms. The van der Waals surface area contributed by atoms with Crippen LogP contribution in [0.15, 0.2) is 12.2 Å². The standard InChI is InChI=1S/C24H44O2/c1-2-3-4-5-6-7-8-9-10-11-12-13-14-15-19-22-24(25)26-23-20-17-16-18-21-23/h9-10,23H,2-8,11-22H2,1H3. The van der Waals surface area contributed by atoms with Crippen molar-refractivity contribution in [3.05, 3.63) is 12.2 Å². The van der Waals surface area contributed by atoms with Gasteiger partial charge in [-0.1, -0.05) is 76.9 Å². The van der Waals surface area contributed by atoms with Crippen LogP contribution >= 0.6 is 0 Å². The summed E-state index contributed by atoms with van der Waals surface area (Å²) in [5, 5.41) is 0. The molecule has 152 valence electrons. The molecule has 0 spiro atoms. The first-order chi connectivity index (χ1) is 12.8. The smallest absolute Gasteiger partial charge is 0.306 e. The van der Waals surface area contributed by atoms with Gasteiger partial charge in [-0.3, -0.25) is 4.79 Å². The summed E-state index contributed by atoms with van der Waals surface area (Å²) in [7, 11) is 0. The highest BCUT2D eigenvalue weighted by atomic mass is 16.5. The summed E-state index contributed by atoms with van der Waals surface area (Å²) in [4.78, 5) is 11.8. The molecular weight excluding hydrogens is 320 g/mol. The van der Waals surface area contributed by atoms with Crippen LogP contribution in [0, 0.1) is 0 Å². The summed E-state index contributed by atoms with van der Waals surface area (Å²) in [6.07, 6.45) is 28.3. The molecule has 0 aromatic rings. The highest BCUT2D eigenvalue weighted by molar-refractivity contribution is 5.69. The van der Waals surface area contributed by atoms with E-state index in [4.69, 9.17) is 4.74 Å². The van der Waals surface area contributed by atoms with E-state index in [2.05, 4.69) is 19.1 Å². The molecule has 0 saturated heterocycles. The van der Waals surface area contributed by atoms with E-state index >= 15 is 0 Å². The number of esters is 1. The molecule has 0 amide bonds. The molecule has 0 radical (unpaired) electrons. The van der Waals surface area contributed by atoms with Crippen LogP contribution in [0.25, 0.3) is 0 Å². The van der Waals surface area contributed by atoms with Crippen LogP contribution in [0.1, 0.15) is 129 Å². The summed E-state index contributed by atoms with van der Waals surface area (Å²) in [5.41, 5.74) is 0.